The molecule has 12 nitrogen and oxygen atoms in total. The number of benzene rings is 1. The number of ether oxygens (including phenoxy) is 3. The molecule has 2 bridgehead atoms. The monoisotopic (exact) mass is 674 g/mol. The molecule has 3 aliphatic heterocycles. The Labute approximate surface area is 278 Å². The number of carbonyl (C=O) groups is 3. The fraction of sp³-hybridized carbons (Fsp3) is 0.559. The minimum atomic E-state index is -1.19. The first-order valence-electron chi connectivity index (χ1n) is 16.4. The van der Waals surface area contributed by atoms with E-state index >= 15 is 0 Å². The van der Waals surface area contributed by atoms with Crippen LogP contribution in [0.5, 0.6) is 5.75 Å². The van der Waals surface area contributed by atoms with Gasteiger partial charge in [0.05, 0.1) is 26.2 Å². The van der Waals surface area contributed by atoms with Crippen LogP contribution in [-0.2, 0) is 20.9 Å². The summed E-state index contributed by atoms with van der Waals surface area (Å²) >= 11 is 0. The zero-order valence-corrected chi connectivity index (χ0v) is 27.7. The quantitative estimate of drug-likeness (QED) is 0.236. The fourth-order valence-corrected chi connectivity index (χ4v) is 6.48. The third kappa shape index (κ3) is 7.31. The van der Waals surface area contributed by atoms with Crippen molar-refractivity contribution in [3.63, 3.8) is 0 Å². The van der Waals surface area contributed by atoms with E-state index in [0.717, 1.165) is 31.7 Å². The van der Waals surface area contributed by atoms with Crippen molar-refractivity contribution in [2.24, 2.45) is 11.1 Å². The summed E-state index contributed by atoms with van der Waals surface area (Å²) in [7, 11) is 1.47. The lowest BCUT2D eigenvalue weighted by molar-refractivity contribution is -0.0655. The maximum Gasteiger partial charge on any atom is 0.514 e. The van der Waals surface area contributed by atoms with Crippen LogP contribution in [0.4, 0.5) is 13.6 Å². The Hall–Kier alpha value is -4.49. The molecule has 0 radical (unpaired) electrons. The Morgan fingerprint density at radius 2 is 1.96 bits per heavy atom. The predicted molar refractivity (Wildman–Crippen MR) is 172 cm³/mol. The summed E-state index contributed by atoms with van der Waals surface area (Å²) in [5.41, 5.74) is -2.74. The van der Waals surface area contributed by atoms with Gasteiger partial charge in [-0.25, -0.2) is 13.6 Å². The van der Waals surface area contributed by atoms with Gasteiger partial charge >= 0.3 is 6.16 Å². The van der Waals surface area contributed by atoms with E-state index in [1.54, 1.807) is 4.90 Å². The van der Waals surface area contributed by atoms with Gasteiger partial charge in [0.2, 0.25) is 17.1 Å². The molecule has 14 heteroatoms. The number of fused-ring (bicyclic) bond motifs is 5. The van der Waals surface area contributed by atoms with Gasteiger partial charge < -0.3 is 33.8 Å². The van der Waals surface area contributed by atoms with Crippen molar-refractivity contribution in [1.29, 1.82) is 0 Å². The van der Waals surface area contributed by atoms with Crippen LogP contribution in [-0.4, -0.2) is 65.2 Å². The first-order chi connectivity index (χ1) is 22.9. The summed E-state index contributed by atoms with van der Waals surface area (Å²) in [5, 5.41) is 6.58. The van der Waals surface area contributed by atoms with Crippen molar-refractivity contribution < 1.29 is 43.6 Å². The highest BCUT2D eigenvalue weighted by Gasteiger charge is 2.55. The zero-order valence-electron chi connectivity index (χ0n) is 27.7. The molecule has 1 N–H and O–H groups in total. The Balaban J connectivity index is 0.00000541. The second-order valence-corrected chi connectivity index (χ2v) is 13.1. The molecule has 1 saturated heterocycles. The molecule has 2 amide bonds. The number of aromatic nitrogens is 1. The number of unbranched alkanes of at least 4 members (excludes halogenated alkanes) is 3. The Kier molecular flexibility index (Phi) is 10.7. The lowest BCUT2D eigenvalue weighted by Crippen LogP contribution is -2.52. The third-order valence-electron chi connectivity index (χ3n) is 9.28. The average molecular weight is 675 g/mol. The van der Waals surface area contributed by atoms with Gasteiger partial charge in [-0.1, -0.05) is 50.8 Å². The van der Waals surface area contributed by atoms with Gasteiger partial charge in [0, 0.05) is 38.4 Å². The van der Waals surface area contributed by atoms with Crippen LogP contribution in [0.15, 0.2) is 34.3 Å². The third-order valence-corrected chi connectivity index (χ3v) is 9.28. The molecule has 4 heterocycles. The van der Waals surface area contributed by atoms with E-state index in [2.05, 4.69) is 24.3 Å². The zero-order chi connectivity index (χ0) is 34.6. The van der Waals surface area contributed by atoms with Crippen LogP contribution in [0.2, 0.25) is 0 Å². The van der Waals surface area contributed by atoms with Crippen LogP contribution in [0.25, 0.3) is 0 Å². The summed E-state index contributed by atoms with van der Waals surface area (Å²) in [5.74, 6) is -2.85. The van der Waals surface area contributed by atoms with Crippen molar-refractivity contribution in [1.82, 2.24) is 14.8 Å². The number of pyridine rings is 1. The predicted octanol–water partition coefficient (Wildman–Crippen LogP) is 5.72. The molecule has 1 aromatic heterocycles. The summed E-state index contributed by atoms with van der Waals surface area (Å²) in [6, 6.07) is 1.97. The highest BCUT2D eigenvalue weighted by Crippen LogP contribution is 2.46. The molecule has 0 unspecified atom stereocenters. The minimum absolute atomic E-state index is 0. The highest BCUT2D eigenvalue weighted by atomic mass is 19.1. The van der Waals surface area contributed by atoms with E-state index in [0.29, 0.717) is 37.1 Å². The van der Waals surface area contributed by atoms with E-state index in [-0.39, 0.29) is 44.8 Å². The molecule has 2 aromatic rings. The number of rotatable bonds is 11. The SMILES string of the molecule is COC1=NO[C@@]2(CC[C@H](C)N3C[C@H]2n2cc(C(=O)NCc4ccc(F)cc4F)c(=O)c(OC(=O)OCCCCCCC(C)C)c2C3=O)C1.[HH]. The van der Waals surface area contributed by atoms with Gasteiger partial charge in [0.25, 0.3) is 11.8 Å². The Bertz CT molecular complexity index is 1650. The van der Waals surface area contributed by atoms with Crippen LogP contribution >= 0.6 is 0 Å². The summed E-state index contributed by atoms with van der Waals surface area (Å²) < 4.78 is 45.3. The van der Waals surface area contributed by atoms with Crippen LogP contribution in [0.1, 0.15) is 106 Å². The lowest BCUT2D eigenvalue weighted by atomic mass is 9.85. The number of hydrogen-bond acceptors (Lipinski definition) is 9. The van der Waals surface area contributed by atoms with Crippen molar-refractivity contribution in [3.8, 4) is 5.75 Å². The number of nitrogens with zero attached hydrogens (tertiary/aromatic N) is 3. The van der Waals surface area contributed by atoms with Crippen LogP contribution in [0.3, 0.4) is 0 Å². The first-order valence-corrected chi connectivity index (χ1v) is 16.4. The molecule has 262 valence electrons. The Morgan fingerprint density at radius 1 is 1.19 bits per heavy atom. The van der Waals surface area contributed by atoms with E-state index in [4.69, 9.17) is 19.0 Å². The Morgan fingerprint density at radius 3 is 2.67 bits per heavy atom. The second kappa shape index (κ2) is 14.7. The largest absolute Gasteiger partial charge is 0.514 e. The van der Waals surface area contributed by atoms with Crippen LogP contribution in [0, 0.1) is 17.6 Å². The van der Waals surface area contributed by atoms with Crippen molar-refractivity contribution >= 4 is 23.9 Å². The molecule has 0 saturated carbocycles. The van der Waals surface area contributed by atoms with E-state index < -0.39 is 58.0 Å². The smallest absolute Gasteiger partial charge is 0.482 e. The molecule has 1 spiro atoms. The molecule has 5 rings (SSSR count). The van der Waals surface area contributed by atoms with Gasteiger partial charge in [-0.05, 0) is 38.2 Å². The molecular weight excluding hydrogens is 630 g/mol. The molecule has 3 aliphatic rings. The van der Waals surface area contributed by atoms with Crippen molar-refractivity contribution in [2.45, 2.75) is 96.4 Å². The number of nitrogens with one attached hydrogen (secondary N) is 1. The topological polar surface area (TPSA) is 138 Å². The van der Waals surface area contributed by atoms with E-state index in [1.807, 2.05) is 6.92 Å². The first kappa shape index (κ1) is 34.8. The maximum atomic E-state index is 14.3. The second-order valence-electron chi connectivity index (χ2n) is 13.1. The molecular formula is C34H44F2N4O8. The number of hydrogen-bond donors (Lipinski definition) is 1. The van der Waals surface area contributed by atoms with Crippen molar-refractivity contribution in [2.75, 3.05) is 20.3 Å². The summed E-state index contributed by atoms with van der Waals surface area (Å²) in [4.78, 5) is 62.0. The highest BCUT2D eigenvalue weighted by molar-refractivity contribution is 6.00. The molecule has 3 atom stereocenters. The van der Waals surface area contributed by atoms with Gasteiger partial charge in [-0.2, -0.15) is 0 Å². The number of methoxy groups -OCH3 is 1. The number of halogens is 2. The molecule has 1 aromatic carbocycles. The van der Waals surface area contributed by atoms with E-state index in [1.165, 1.54) is 23.9 Å². The number of amides is 2. The number of oxime groups is 1. The normalized spacial score (nSPS) is 21.4. The fourth-order valence-electron chi connectivity index (χ4n) is 6.48. The lowest BCUT2D eigenvalue weighted by Gasteiger charge is -2.41. The standard InChI is InChI=1S/C34H42F2N4O8.H2/c1-20(2)9-7-5-6-8-14-46-33(44)47-30-28-32(43)39-19-26(34(13-12-21(39)3)16-27(45-4)38-48-34)40(28)18-24(29(30)41)31(42)37-17-22-10-11-23(35)15-25(22)36;/h10-11,15,18,20-21,26H,5-9,12-14,16-17,19H2,1-4H3,(H,37,42);1H/t21-,26+,34-;/m0./s1. The van der Waals surface area contributed by atoms with Gasteiger partial charge in [-0.15, -0.1) is 0 Å². The van der Waals surface area contributed by atoms with E-state index in [9.17, 15) is 28.0 Å². The summed E-state index contributed by atoms with van der Waals surface area (Å²) in [6.07, 6.45) is 5.88. The molecule has 48 heavy (non-hydrogen) atoms. The minimum Gasteiger partial charge on any atom is -0.482 e. The van der Waals surface area contributed by atoms with Crippen LogP contribution < -0.4 is 15.5 Å². The average Bonchev–Trinajstić information content (AvgIpc) is 3.43. The summed E-state index contributed by atoms with van der Waals surface area (Å²) in [6.45, 7) is 6.03. The van der Waals surface area contributed by atoms with Gasteiger partial charge in [0.15, 0.2) is 11.3 Å². The van der Waals surface area contributed by atoms with Gasteiger partial charge in [0.1, 0.15) is 17.2 Å². The maximum absolute atomic E-state index is 14.3. The number of carbonyl (C=O) groups excluding carboxylic acids is 3. The molecule has 1 fully saturated rings. The molecule has 0 aliphatic carbocycles. The van der Waals surface area contributed by atoms with Crippen molar-refractivity contribution in [3.05, 3.63) is 63.1 Å². The van der Waals surface area contributed by atoms with Gasteiger partial charge in [-0.3, -0.25) is 14.4 Å².